The van der Waals surface area contributed by atoms with Crippen molar-refractivity contribution in [1.82, 2.24) is 5.32 Å². The number of hydrogen-bond donors (Lipinski definition) is 2. The number of anilines is 1. The Morgan fingerprint density at radius 3 is 2.45 bits per heavy atom. The van der Waals surface area contributed by atoms with Crippen LogP contribution in [0.5, 0.6) is 5.75 Å². The standard InChI is InChI=1S/C25H25FN2O3/c1-17-9-11-20(12-10-17)24(27-18(2)29)15-25(30)28-22-7-3-5-19(13-22)16-31-23-8-4-6-21(26)14-23/h3-14,24H,15-16H2,1-2H3,(H,27,29)(H,28,30). The number of benzene rings is 3. The smallest absolute Gasteiger partial charge is 0.226 e. The third-order valence-corrected chi connectivity index (χ3v) is 4.66. The third-order valence-electron chi connectivity index (χ3n) is 4.66. The highest BCUT2D eigenvalue weighted by Crippen LogP contribution is 2.20. The van der Waals surface area contributed by atoms with Crippen LogP contribution in [-0.2, 0) is 16.2 Å². The van der Waals surface area contributed by atoms with E-state index in [-0.39, 0.29) is 30.7 Å². The lowest BCUT2D eigenvalue weighted by atomic mass is 10.0. The number of rotatable bonds is 8. The average Bonchev–Trinajstić information content (AvgIpc) is 2.72. The number of carbonyl (C=O) groups excluding carboxylic acids is 2. The molecule has 1 unspecified atom stereocenters. The summed E-state index contributed by atoms with van der Waals surface area (Å²) in [4.78, 5) is 24.2. The molecule has 0 heterocycles. The highest BCUT2D eigenvalue weighted by molar-refractivity contribution is 5.91. The van der Waals surface area contributed by atoms with E-state index in [4.69, 9.17) is 4.74 Å². The molecule has 1 atom stereocenters. The van der Waals surface area contributed by atoms with Gasteiger partial charge in [0.2, 0.25) is 11.8 Å². The molecule has 0 radical (unpaired) electrons. The number of nitrogens with one attached hydrogen (secondary N) is 2. The molecule has 6 heteroatoms. The van der Waals surface area contributed by atoms with Crippen LogP contribution in [-0.4, -0.2) is 11.8 Å². The van der Waals surface area contributed by atoms with Crippen LogP contribution in [0.3, 0.4) is 0 Å². The van der Waals surface area contributed by atoms with Crippen LogP contribution in [0.4, 0.5) is 10.1 Å². The first-order chi connectivity index (χ1) is 14.9. The lowest BCUT2D eigenvalue weighted by molar-refractivity contribution is -0.120. The second kappa shape index (κ2) is 10.4. The Hall–Kier alpha value is -3.67. The van der Waals surface area contributed by atoms with Crippen molar-refractivity contribution in [3.05, 3.63) is 95.3 Å². The Morgan fingerprint density at radius 2 is 1.74 bits per heavy atom. The zero-order valence-corrected chi connectivity index (χ0v) is 17.5. The predicted molar refractivity (Wildman–Crippen MR) is 118 cm³/mol. The lowest BCUT2D eigenvalue weighted by Gasteiger charge is -2.18. The highest BCUT2D eigenvalue weighted by atomic mass is 19.1. The normalized spacial score (nSPS) is 11.5. The maximum absolute atomic E-state index is 13.3. The fourth-order valence-corrected chi connectivity index (χ4v) is 3.16. The molecule has 3 aromatic rings. The van der Waals surface area contributed by atoms with Gasteiger partial charge in [-0.05, 0) is 42.3 Å². The minimum absolute atomic E-state index is 0.104. The molecule has 0 aliphatic carbocycles. The maximum Gasteiger partial charge on any atom is 0.226 e. The van der Waals surface area contributed by atoms with Crippen LogP contribution in [0, 0.1) is 12.7 Å². The molecule has 0 bridgehead atoms. The molecule has 2 amide bonds. The second-order valence-corrected chi connectivity index (χ2v) is 7.36. The number of halogens is 1. The molecule has 0 spiro atoms. The van der Waals surface area contributed by atoms with E-state index in [1.54, 1.807) is 24.3 Å². The van der Waals surface area contributed by atoms with Crippen molar-refractivity contribution < 1.29 is 18.7 Å². The monoisotopic (exact) mass is 420 g/mol. The molecule has 31 heavy (non-hydrogen) atoms. The first-order valence-corrected chi connectivity index (χ1v) is 10.00. The molecule has 3 aromatic carbocycles. The van der Waals surface area contributed by atoms with Crippen LogP contribution in [0.15, 0.2) is 72.8 Å². The summed E-state index contributed by atoms with van der Waals surface area (Å²) in [6, 6.07) is 20.5. The van der Waals surface area contributed by atoms with Crippen molar-refractivity contribution in [2.24, 2.45) is 0 Å². The van der Waals surface area contributed by atoms with Gasteiger partial charge in [0, 0.05) is 18.7 Å². The van der Waals surface area contributed by atoms with Crippen LogP contribution in [0.2, 0.25) is 0 Å². The largest absolute Gasteiger partial charge is 0.489 e. The van der Waals surface area contributed by atoms with Crippen LogP contribution in [0.1, 0.15) is 36.1 Å². The molecule has 160 valence electrons. The Bertz CT molecular complexity index is 1050. The van der Waals surface area contributed by atoms with Gasteiger partial charge in [-0.3, -0.25) is 9.59 Å². The van der Waals surface area contributed by atoms with Gasteiger partial charge in [0.1, 0.15) is 18.2 Å². The summed E-state index contributed by atoms with van der Waals surface area (Å²) in [7, 11) is 0. The van der Waals surface area contributed by atoms with Crippen molar-refractivity contribution in [2.45, 2.75) is 32.9 Å². The summed E-state index contributed by atoms with van der Waals surface area (Å²) < 4.78 is 18.9. The minimum Gasteiger partial charge on any atom is -0.489 e. The minimum atomic E-state index is -0.419. The summed E-state index contributed by atoms with van der Waals surface area (Å²) in [5.74, 6) is -0.344. The zero-order valence-electron chi connectivity index (χ0n) is 17.5. The molecular weight excluding hydrogens is 395 g/mol. The molecule has 0 aliphatic heterocycles. The zero-order chi connectivity index (χ0) is 22.2. The molecule has 3 rings (SSSR count). The van der Waals surface area contributed by atoms with Gasteiger partial charge < -0.3 is 15.4 Å². The van der Waals surface area contributed by atoms with E-state index in [2.05, 4.69) is 10.6 Å². The van der Waals surface area contributed by atoms with Gasteiger partial charge in [-0.25, -0.2) is 4.39 Å². The maximum atomic E-state index is 13.3. The Kier molecular flexibility index (Phi) is 7.38. The van der Waals surface area contributed by atoms with E-state index in [0.29, 0.717) is 11.4 Å². The van der Waals surface area contributed by atoms with E-state index in [1.165, 1.54) is 19.1 Å². The molecule has 0 fully saturated rings. The fraction of sp³-hybridized carbons (Fsp3) is 0.200. The van der Waals surface area contributed by atoms with Crippen molar-refractivity contribution in [1.29, 1.82) is 0 Å². The average molecular weight is 420 g/mol. The van der Waals surface area contributed by atoms with Gasteiger partial charge in [-0.2, -0.15) is 0 Å². The topological polar surface area (TPSA) is 67.4 Å². The van der Waals surface area contributed by atoms with Gasteiger partial charge in [-0.1, -0.05) is 48.0 Å². The second-order valence-electron chi connectivity index (χ2n) is 7.36. The van der Waals surface area contributed by atoms with Crippen molar-refractivity contribution in [3.8, 4) is 5.75 Å². The molecule has 0 aliphatic rings. The van der Waals surface area contributed by atoms with Crippen LogP contribution in [0.25, 0.3) is 0 Å². The SMILES string of the molecule is CC(=O)NC(CC(=O)Nc1cccc(COc2cccc(F)c2)c1)c1ccc(C)cc1. The molecule has 0 aromatic heterocycles. The van der Waals surface area contributed by atoms with E-state index < -0.39 is 6.04 Å². The van der Waals surface area contributed by atoms with Gasteiger partial charge in [-0.15, -0.1) is 0 Å². The predicted octanol–water partition coefficient (Wildman–Crippen LogP) is 4.92. The molecule has 2 N–H and O–H groups in total. The third kappa shape index (κ3) is 6.96. The van der Waals surface area contributed by atoms with Crippen molar-refractivity contribution in [3.63, 3.8) is 0 Å². The number of amides is 2. The number of hydrogen-bond acceptors (Lipinski definition) is 3. The molecule has 5 nitrogen and oxygen atoms in total. The summed E-state index contributed by atoms with van der Waals surface area (Å²) >= 11 is 0. The van der Waals surface area contributed by atoms with Gasteiger partial charge in [0.15, 0.2) is 0 Å². The van der Waals surface area contributed by atoms with E-state index in [1.807, 2.05) is 43.3 Å². The van der Waals surface area contributed by atoms with Gasteiger partial charge in [0.25, 0.3) is 0 Å². The summed E-state index contributed by atoms with van der Waals surface area (Å²) in [5, 5.41) is 5.70. The summed E-state index contributed by atoms with van der Waals surface area (Å²) in [5.41, 5.74) is 3.43. The van der Waals surface area contributed by atoms with Crippen molar-refractivity contribution in [2.75, 3.05) is 5.32 Å². The van der Waals surface area contributed by atoms with Gasteiger partial charge in [0.05, 0.1) is 12.5 Å². The molecule has 0 saturated heterocycles. The number of carbonyl (C=O) groups is 2. The lowest BCUT2D eigenvalue weighted by Crippen LogP contribution is -2.29. The van der Waals surface area contributed by atoms with E-state index >= 15 is 0 Å². The first kappa shape index (κ1) is 22.0. The van der Waals surface area contributed by atoms with Crippen LogP contribution < -0.4 is 15.4 Å². The Morgan fingerprint density at radius 1 is 1.00 bits per heavy atom. The highest BCUT2D eigenvalue weighted by Gasteiger charge is 2.17. The van der Waals surface area contributed by atoms with Gasteiger partial charge >= 0.3 is 0 Å². The van der Waals surface area contributed by atoms with Crippen LogP contribution >= 0.6 is 0 Å². The Balaban J connectivity index is 1.62. The number of aryl methyl sites for hydroxylation is 1. The van der Waals surface area contributed by atoms with Crippen molar-refractivity contribution >= 4 is 17.5 Å². The van der Waals surface area contributed by atoms with E-state index in [0.717, 1.165) is 16.7 Å². The molecule has 0 saturated carbocycles. The fourth-order valence-electron chi connectivity index (χ4n) is 3.16. The summed E-state index contributed by atoms with van der Waals surface area (Å²) in [6.07, 6.45) is 0.104. The molecular formula is C25H25FN2O3. The first-order valence-electron chi connectivity index (χ1n) is 10.00. The number of ether oxygens (including phenoxy) is 1. The Labute approximate surface area is 181 Å². The summed E-state index contributed by atoms with van der Waals surface area (Å²) in [6.45, 7) is 3.65. The van der Waals surface area contributed by atoms with E-state index in [9.17, 15) is 14.0 Å². The quantitative estimate of drug-likeness (QED) is 0.544.